The van der Waals surface area contributed by atoms with Crippen LogP contribution < -0.4 is 0 Å². The summed E-state index contributed by atoms with van der Waals surface area (Å²) < 4.78 is 39.3. The zero-order valence-electron chi connectivity index (χ0n) is 10.6. The van der Waals surface area contributed by atoms with Crippen LogP contribution in [0.1, 0.15) is 31.9 Å². The number of halogens is 3. The van der Waals surface area contributed by atoms with Crippen LogP contribution >= 0.6 is 0 Å². The largest absolute Gasteiger partial charge is 0.417 e. The predicted octanol–water partition coefficient (Wildman–Crippen LogP) is 5.16. The van der Waals surface area contributed by atoms with E-state index in [1.165, 1.54) is 12.1 Å². The summed E-state index contributed by atoms with van der Waals surface area (Å²) in [4.78, 5) is 0. The first kappa shape index (κ1) is 12.9. The van der Waals surface area contributed by atoms with Gasteiger partial charge in [0.25, 0.3) is 0 Å². The molecule has 0 radical (unpaired) electrons. The Bertz CT molecular complexity index is 574. The maximum Gasteiger partial charge on any atom is 0.417 e. The topological polar surface area (TPSA) is 0 Å². The van der Waals surface area contributed by atoms with Gasteiger partial charge in [0, 0.05) is 0 Å². The molecule has 2 aromatic carbocycles. The van der Waals surface area contributed by atoms with Gasteiger partial charge < -0.3 is 0 Å². The SMILES string of the molecule is CC(C)(C)c1cc(C(F)(F)F)c2ccccc2c1. The van der Waals surface area contributed by atoms with Crippen molar-refractivity contribution >= 4 is 10.8 Å². The predicted molar refractivity (Wildman–Crippen MR) is 67.7 cm³/mol. The Balaban J connectivity index is 2.81. The molecule has 3 heteroatoms. The lowest BCUT2D eigenvalue weighted by molar-refractivity contribution is -0.136. The molecule has 2 rings (SSSR count). The van der Waals surface area contributed by atoms with Gasteiger partial charge in [-0.2, -0.15) is 13.2 Å². The second-order valence-corrected chi connectivity index (χ2v) is 5.49. The molecule has 96 valence electrons. The van der Waals surface area contributed by atoms with Crippen molar-refractivity contribution < 1.29 is 13.2 Å². The van der Waals surface area contributed by atoms with Crippen LogP contribution in [0.25, 0.3) is 10.8 Å². The Morgan fingerprint density at radius 3 is 2.06 bits per heavy atom. The summed E-state index contributed by atoms with van der Waals surface area (Å²) in [6.07, 6.45) is -4.32. The van der Waals surface area contributed by atoms with Crippen molar-refractivity contribution in [3.05, 3.63) is 47.5 Å². The summed E-state index contributed by atoms with van der Waals surface area (Å²) >= 11 is 0. The van der Waals surface area contributed by atoms with Gasteiger partial charge in [-0.05, 0) is 27.8 Å². The molecular formula is C15H15F3. The zero-order valence-corrected chi connectivity index (χ0v) is 10.6. The van der Waals surface area contributed by atoms with Crippen LogP contribution in [0.2, 0.25) is 0 Å². The van der Waals surface area contributed by atoms with Crippen molar-refractivity contribution in [2.24, 2.45) is 0 Å². The zero-order chi connectivity index (χ0) is 13.6. The van der Waals surface area contributed by atoms with E-state index in [1.54, 1.807) is 18.2 Å². The number of hydrogen-bond donors (Lipinski definition) is 0. The van der Waals surface area contributed by atoms with Crippen LogP contribution in [0, 0.1) is 0 Å². The van der Waals surface area contributed by atoms with E-state index >= 15 is 0 Å². The molecule has 0 heterocycles. The van der Waals surface area contributed by atoms with E-state index in [1.807, 2.05) is 26.8 Å². The van der Waals surface area contributed by atoms with Gasteiger partial charge in [-0.3, -0.25) is 0 Å². The minimum absolute atomic E-state index is 0.262. The van der Waals surface area contributed by atoms with Gasteiger partial charge >= 0.3 is 6.18 Å². The fourth-order valence-corrected chi connectivity index (χ4v) is 1.98. The second kappa shape index (κ2) is 4.01. The van der Waals surface area contributed by atoms with Crippen molar-refractivity contribution in [3.8, 4) is 0 Å². The van der Waals surface area contributed by atoms with Gasteiger partial charge in [0.2, 0.25) is 0 Å². The first-order valence-corrected chi connectivity index (χ1v) is 5.80. The lowest BCUT2D eigenvalue weighted by atomic mass is 9.84. The van der Waals surface area contributed by atoms with Crippen molar-refractivity contribution in [1.29, 1.82) is 0 Å². The molecule has 2 aromatic rings. The highest BCUT2D eigenvalue weighted by atomic mass is 19.4. The van der Waals surface area contributed by atoms with Crippen molar-refractivity contribution in [3.63, 3.8) is 0 Å². The van der Waals surface area contributed by atoms with Gasteiger partial charge in [0.15, 0.2) is 0 Å². The first-order chi connectivity index (χ1) is 8.19. The molecule has 0 fully saturated rings. The molecule has 0 aliphatic carbocycles. The monoisotopic (exact) mass is 252 g/mol. The maximum atomic E-state index is 13.1. The Morgan fingerprint density at radius 2 is 1.50 bits per heavy atom. The van der Waals surface area contributed by atoms with E-state index in [-0.39, 0.29) is 10.8 Å². The van der Waals surface area contributed by atoms with Gasteiger partial charge in [-0.15, -0.1) is 0 Å². The highest BCUT2D eigenvalue weighted by Gasteiger charge is 2.33. The number of hydrogen-bond acceptors (Lipinski definition) is 0. The van der Waals surface area contributed by atoms with Crippen LogP contribution in [-0.4, -0.2) is 0 Å². The molecule has 0 amide bonds. The third-order valence-electron chi connectivity index (χ3n) is 3.03. The van der Waals surface area contributed by atoms with Crippen molar-refractivity contribution in [2.45, 2.75) is 32.4 Å². The highest BCUT2D eigenvalue weighted by molar-refractivity contribution is 5.87. The van der Waals surface area contributed by atoms with E-state index < -0.39 is 11.7 Å². The molecule has 18 heavy (non-hydrogen) atoms. The Morgan fingerprint density at radius 1 is 0.889 bits per heavy atom. The lowest BCUT2D eigenvalue weighted by Gasteiger charge is -2.22. The van der Waals surface area contributed by atoms with Crippen LogP contribution in [0.3, 0.4) is 0 Å². The Labute approximate surface area is 104 Å². The number of benzene rings is 2. The molecule has 0 aliphatic rings. The summed E-state index contributed by atoms with van der Waals surface area (Å²) in [5.74, 6) is 0. The number of fused-ring (bicyclic) bond motifs is 1. The quantitative estimate of drug-likeness (QED) is 0.607. The molecule has 0 saturated carbocycles. The van der Waals surface area contributed by atoms with E-state index in [2.05, 4.69) is 0 Å². The molecule has 0 bridgehead atoms. The highest BCUT2D eigenvalue weighted by Crippen LogP contribution is 2.38. The van der Waals surface area contributed by atoms with E-state index in [4.69, 9.17) is 0 Å². The smallest absolute Gasteiger partial charge is 0.166 e. The van der Waals surface area contributed by atoms with Gasteiger partial charge in [-0.25, -0.2) is 0 Å². The molecular weight excluding hydrogens is 237 g/mol. The minimum atomic E-state index is -4.32. The molecule has 0 nitrogen and oxygen atoms in total. The molecule has 0 unspecified atom stereocenters. The Hall–Kier alpha value is -1.51. The molecule has 0 saturated heterocycles. The van der Waals surface area contributed by atoms with Crippen molar-refractivity contribution in [2.75, 3.05) is 0 Å². The van der Waals surface area contributed by atoms with Gasteiger partial charge in [0.05, 0.1) is 5.56 Å². The van der Waals surface area contributed by atoms with E-state index in [0.717, 1.165) is 0 Å². The third kappa shape index (κ3) is 2.35. The van der Waals surface area contributed by atoms with Gasteiger partial charge in [0.1, 0.15) is 0 Å². The van der Waals surface area contributed by atoms with Crippen molar-refractivity contribution in [1.82, 2.24) is 0 Å². The van der Waals surface area contributed by atoms with Crippen LogP contribution in [0.4, 0.5) is 13.2 Å². The summed E-state index contributed by atoms with van der Waals surface area (Å²) in [7, 11) is 0. The maximum absolute atomic E-state index is 13.1. The second-order valence-electron chi connectivity index (χ2n) is 5.49. The lowest BCUT2D eigenvalue weighted by Crippen LogP contribution is -2.14. The van der Waals surface area contributed by atoms with E-state index in [0.29, 0.717) is 10.9 Å². The van der Waals surface area contributed by atoms with E-state index in [9.17, 15) is 13.2 Å². The minimum Gasteiger partial charge on any atom is -0.166 e. The third-order valence-corrected chi connectivity index (χ3v) is 3.03. The summed E-state index contributed by atoms with van der Waals surface area (Å²) in [5, 5.41) is 0.898. The van der Waals surface area contributed by atoms with Crippen LogP contribution in [-0.2, 0) is 11.6 Å². The molecule has 0 spiro atoms. The fraction of sp³-hybridized carbons (Fsp3) is 0.333. The van der Waals surface area contributed by atoms with Gasteiger partial charge in [-0.1, -0.05) is 51.1 Å². The first-order valence-electron chi connectivity index (χ1n) is 5.80. The molecule has 0 aliphatic heterocycles. The Kier molecular flexibility index (Phi) is 2.88. The fourth-order valence-electron chi connectivity index (χ4n) is 1.98. The normalized spacial score (nSPS) is 13.0. The summed E-state index contributed by atoms with van der Waals surface area (Å²) in [6, 6.07) is 9.74. The number of rotatable bonds is 0. The van der Waals surface area contributed by atoms with Crippen LogP contribution in [0.5, 0.6) is 0 Å². The standard InChI is InChI=1S/C15H15F3/c1-14(2,3)11-8-10-6-4-5-7-12(10)13(9-11)15(16,17)18/h4-9H,1-3H3. The summed E-state index contributed by atoms with van der Waals surface area (Å²) in [6.45, 7) is 5.74. The molecule has 0 atom stereocenters. The number of alkyl halides is 3. The average molecular weight is 252 g/mol. The molecule has 0 aromatic heterocycles. The van der Waals surface area contributed by atoms with Crippen LogP contribution in [0.15, 0.2) is 36.4 Å². The average Bonchev–Trinajstić information content (AvgIpc) is 2.25. The molecule has 0 N–H and O–H groups in total. The summed E-state index contributed by atoms with van der Waals surface area (Å²) in [5.41, 5.74) is -0.150.